The van der Waals surface area contributed by atoms with Crippen molar-refractivity contribution in [2.24, 2.45) is 0 Å². The highest BCUT2D eigenvalue weighted by Gasteiger charge is 2.14. The maximum Gasteiger partial charge on any atom is 0.174 e. The number of halogens is 1. The van der Waals surface area contributed by atoms with Gasteiger partial charge in [0.1, 0.15) is 11.6 Å². The SMILES string of the molecule is CCNC(C)c1cc(F)ccc1Sc1nc(CC)ns1. The van der Waals surface area contributed by atoms with Crippen LogP contribution in [0.4, 0.5) is 4.39 Å². The second-order valence-corrected chi connectivity index (χ2v) is 6.43. The van der Waals surface area contributed by atoms with Crippen LogP contribution in [0.3, 0.4) is 0 Å². The molecule has 2 rings (SSSR count). The molecule has 0 radical (unpaired) electrons. The molecule has 6 heteroatoms. The van der Waals surface area contributed by atoms with Gasteiger partial charge in [-0.1, -0.05) is 25.6 Å². The molecule has 1 unspecified atom stereocenters. The molecule has 0 bridgehead atoms. The van der Waals surface area contributed by atoms with Crippen molar-refractivity contribution in [2.75, 3.05) is 6.54 Å². The third kappa shape index (κ3) is 3.77. The monoisotopic (exact) mass is 311 g/mol. The molecule has 0 saturated heterocycles. The largest absolute Gasteiger partial charge is 0.310 e. The van der Waals surface area contributed by atoms with Crippen LogP contribution < -0.4 is 5.32 Å². The highest BCUT2D eigenvalue weighted by atomic mass is 32.2. The molecule has 1 N–H and O–H groups in total. The molecule has 0 aliphatic carbocycles. The topological polar surface area (TPSA) is 37.8 Å². The van der Waals surface area contributed by atoms with Crippen LogP contribution in [0.1, 0.15) is 38.2 Å². The van der Waals surface area contributed by atoms with Crippen LogP contribution in [0, 0.1) is 5.82 Å². The number of nitrogens with one attached hydrogen (secondary N) is 1. The lowest BCUT2D eigenvalue weighted by Gasteiger charge is -2.16. The van der Waals surface area contributed by atoms with Gasteiger partial charge in [-0.3, -0.25) is 0 Å². The maximum absolute atomic E-state index is 13.5. The van der Waals surface area contributed by atoms with E-state index < -0.39 is 0 Å². The fourth-order valence-electron chi connectivity index (χ4n) is 1.88. The van der Waals surface area contributed by atoms with Crippen LogP contribution in [0.2, 0.25) is 0 Å². The van der Waals surface area contributed by atoms with Gasteiger partial charge in [-0.05, 0) is 48.8 Å². The summed E-state index contributed by atoms with van der Waals surface area (Å²) in [6.07, 6.45) is 0.834. The van der Waals surface area contributed by atoms with E-state index in [1.54, 1.807) is 17.8 Å². The van der Waals surface area contributed by atoms with E-state index in [9.17, 15) is 4.39 Å². The Hall–Kier alpha value is -0.980. The lowest BCUT2D eigenvalue weighted by atomic mass is 10.1. The first-order valence-electron chi connectivity index (χ1n) is 6.67. The molecular formula is C14H18FN3S2. The predicted octanol–water partition coefficient (Wildman–Crippen LogP) is 4.06. The molecule has 3 nitrogen and oxygen atoms in total. The van der Waals surface area contributed by atoms with Gasteiger partial charge < -0.3 is 5.32 Å². The van der Waals surface area contributed by atoms with Crippen LogP contribution in [0.25, 0.3) is 0 Å². The van der Waals surface area contributed by atoms with Crippen molar-refractivity contribution < 1.29 is 4.39 Å². The normalized spacial score (nSPS) is 12.6. The third-order valence-corrected chi connectivity index (χ3v) is 4.79. The van der Waals surface area contributed by atoms with E-state index in [2.05, 4.69) is 14.7 Å². The van der Waals surface area contributed by atoms with Gasteiger partial charge in [0, 0.05) is 17.4 Å². The summed E-state index contributed by atoms with van der Waals surface area (Å²) in [6, 6.07) is 5.01. The Balaban J connectivity index is 2.26. The van der Waals surface area contributed by atoms with Crippen molar-refractivity contribution in [3.63, 3.8) is 0 Å². The molecule has 1 heterocycles. The molecule has 0 spiro atoms. The molecule has 1 aromatic heterocycles. The number of rotatable bonds is 6. The molecule has 20 heavy (non-hydrogen) atoms. The Morgan fingerprint density at radius 2 is 2.20 bits per heavy atom. The number of benzene rings is 1. The number of aryl methyl sites for hydroxylation is 1. The zero-order valence-corrected chi connectivity index (χ0v) is 13.4. The fourth-order valence-corrected chi connectivity index (χ4v) is 3.74. The number of hydrogen-bond donors (Lipinski definition) is 1. The molecule has 0 fully saturated rings. The number of nitrogens with zero attached hydrogens (tertiary/aromatic N) is 2. The van der Waals surface area contributed by atoms with E-state index in [1.807, 2.05) is 26.8 Å². The van der Waals surface area contributed by atoms with Crippen molar-refractivity contribution in [3.8, 4) is 0 Å². The molecule has 0 amide bonds. The fraction of sp³-hybridized carbons (Fsp3) is 0.429. The number of aromatic nitrogens is 2. The minimum Gasteiger partial charge on any atom is -0.310 e. The quantitative estimate of drug-likeness (QED) is 0.873. The molecule has 1 atom stereocenters. The number of hydrogen-bond acceptors (Lipinski definition) is 5. The van der Waals surface area contributed by atoms with Gasteiger partial charge in [-0.25, -0.2) is 9.37 Å². The van der Waals surface area contributed by atoms with E-state index in [0.29, 0.717) is 0 Å². The Morgan fingerprint density at radius 1 is 1.40 bits per heavy atom. The maximum atomic E-state index is 13.5. The molecule has 108 valence electrons. The summed E-state index contributed by atoms with van der Waals surface area (Å²) < 4.78 is 18.7. The van der Waals surface area contributed by atoms with Crippen molar-refractivity contribution in [1.82, 2.24) is 14.7 Å². The van der Waals surface area contributed by atoms with Crippen LogP contribution in [-0.2, 0) is 6.42 Å². The van der Waals surface area contributed by atoms with Gasteiger partial charge >= 0.3 is 0 Å². The molecule has 0 aliphatic rings. The van der Waals surface area contributed by atoms with Gasteiger partial charge in [0.2, 0.25) is 0 Å². The van der Waals surface area contributed by atoms with Crippen LogP contribution in [-0.4, -0.2) is 15.9 Å². The summed E-state index contributed by atoms with van der Waals surface area (Å²) in [5, 5.41) is 3.32. The summed E-state index contributed by atoms with van der Waals surface area (Å²) in [4.78, 5) is 5.48. The summed E-state index contributed by atoms with van der Waals surface area (Å²) in [7, 11) is 0. The first-order valence-corrected chi connectivity index (χ1v) is 8.26. The van der Waals surface area contributed by atoms with E-state index in [-0.39, 0.29) is 11.9 Å². The van der Waals surface area contributed by atoms with Gasteiger partial charge in [-0.2, -0.15) is 4.37 Å². The Bertz CT molecular complexity index is 571. The summed E-state index contributed by atoms with van der Waals surface area (Å²) in [6.45, 7) is 6.97. The Kier molecular flexibility index (Phi) is 5.51. The van der Waals surface area contributed by atoms with Crippen molar-refractivity contribution in [2.45, 2.75) is 42.5 Å². The van der Waals surface area contributed by atoms with Crippen molar-refractivity contribution in [3.05, 3.63) is 35.4 Å². The van der Waals surface area contributed by atoms with Crippen molar-refractivity contribution >= 4 is 23.3 Å². The average Bonchev–Trinajstić information content (AvgIpc) is 2.89. The van der Waals surface area contributed by atoms with E-state index in [1.165, 1.54) is 17.6 Å². The second kappa shape index (κ2) is 7.15. The predicted molar refractivity (Wildman–Crippen MR) is 81.9 cm³/mol. The third-order valence-electron chi connectivity index (χ3n) is 2.91. The Morgan fingerprint density at radius 3 is 2.85 bits per heavy atom. The second-order valence-electron chi connectivity index (χ2n) is 4.39. The minimum absolute atomic E-state index is 0.108. The van der Waals surface area contributed by atoms with Gasteiger partial charge in [0.25, 0.3) is 0 Å². The first kappa shape index (κ1) is 15.4. The minimum atomic E-state index is -0.208. The molecule has 1 aromatic carbocycles. The molecule has 0 aliphatic heterocycles. The standard InChI is InChI=1S/C14H18FN3S2/c1-4-13-17-14(20-18-13)19-12-7-6-10(15)8-11(12)9(3)16-5-2/h6-9,16H,4-5H2,1-3H3. The Labute approximate surface area is 127 Å². The van der Waals surface area contributed by atoms with Crippen LogP contribution >= 0.6 is 23.3 Å². The van der Waals surface area contributed by atoms with Crippen LogP contribution in [0.5, 0.6) is 0 Å². The summed E-state index contributed by atoms with van der Waals surface area (Å²) in [5.41, 5.74) is 0.963. The van der Waals surface area contributed by atoms with E-state index in [4.69, 9.17) is 0 Å². The average molecular weight is 311 g/mol. The summed E-state index contributed by atoms with van der Waals surface area (Å²) in [5.74, 6) is 0.654. The highest BCUT2D eigenvalue weighted by Crippen LogP contribution is 2.34. The van der Waals surface area contributed by atoms with Gasteiger partial charge in [-0.15, -0.1) is 0 Å². The molecule has 2 aromatic rings. The van der Waals surface area contributed by atoms with Crippen LogP contribution in [0.15, 0.2) is 27.4 Å². The smallest absolute Gasteiger partial charge is 0.174 e. The molecular weight excluding hydrogens is 293 g/mol. The first-order chi connectivity index (χ1) is 9.63. The summed E-state index contributed by atoms with van der Waals surface area (Å²) >= 11 is 2.95. The lowest BCUT2D eigenvalue weighted by Crippen LogP contribution is -2.18. The van der Waals surface area contributed by atoms with Gasteiger partial charge in [0.15, 0.2) is 4.34 Å². The highest BCUT2D eigenvalue weighted by molar-refractivity contribution is 8.01. The lowest BCUT2D eigenvalue weighted by molar-refractivity contribution is 0.574. The zero-order chi connectivity index (χ0) is 14.5. The van der Waals surface area contributed by atoms with E-state index in [0.717, 1.165) is 33.6 Å². The van der Waals surface area contributed by atoms with Crippen molar-refractivity contribution in [1.29, 1.82) is 0 Å². The zero-order valence-electron chi connectivity index (χ0n) is 11.8. The molecule has 0 saturated carbocycles. The van der Waals surface area contributed by atoms with E-state index >= 15 is 0 Å². The van der Waals surface area contributed by atoms with Gasteiger partial charge in [0.05, 0.1) is 0 Å².